The van der Waals surface area contributed by atoms with Gasteiger partial charge in [-0.15, -0.1) is 0 Å². The summed E-state index contributed by atoms with van der Waals surface area (Å²) in [6.07, 6.45) is 3.36. The van der Waals surface area contributed by atoms with Crippen molar-refractivity contribution in [3.63, 3.8) is 0 Å². The van der Waals surface area contributed by atoms with E-state index < -0.39 is 0 Å². The normalized spacial score (nSPS) is 16.1. The summed E-state index contributed by atoms with van der Waals surface area (Å²) in [5.41, 5.74) is 5.99. The molecule has 0 amide bonds. The SMILES string of the molecule is Cc1c(N)nc(CC2CC2)[nH]c1=O. The molecule has 2 rings (SSSR count). The third kappa shape index (κ3) is 1.71. The van der Waals surface area contributed by atoms with Crippen molar-refractivity contribution in [2.45, 2.75) is 26.2 Å². The zero-order chi connectivity index (χ0) is 9.42. The second-order valence-electron chi connectivity index (χ2n) is 3.67. The van der Waals surface area contributed by atoms with E-state index in [0.717, 1.165) is 12.2 Å². The molecule has 0 aliphatic heterocycles. The molecule has 1 saturated carbocycles. The first-order valence-corrected chi connectivity index (χ1v) is 4.52. The zero-order valence-electron chi connectivity index (χ0n) is 7.63. The van der Waals surface area contributed by atoms with Crippen LogP contribution in [0.15, 0.2) is 4.79 Å². The molecular weight excluding hydrogens is 166 g/mol. The quantitative estimate of drug-likeness (QED) is 0.698. The van der Waals surface area contributed by atoms with Gasteiger partial charge in [0.15, 0.2) is 0 Å². The van der Waals surface area contributed by atoms with Crippen LogP contribution in [0.5, 0.6) is 0 Å². The largest absolute Gasteiger partial charge is 0.383 e. The zero-order valence-corrected chi connectivity index (χ0v) is 7.63. The van der Waals surface area contributed by atoms with Crippen LogP contribution >= 0.6 is 0 Å². The number of nitrogens with one attached hydrogen (secondary N) is 1. The lowest BCUT2D eigenvalue weighted by atomic mass is 10.2. The van der Waals surface area contributed by atoms with E-state index in [1.54, 1.807) is 6.92 Å². The van der Waals surface area contributed by atoms with Crippen LogP contribution in [0.3, 0.4) is 0 Å². The molecule has 0 bridgehead atoms. The molecule has 1 aliphatic rings. The number of aromatic nitrogens is 2. The molecule has 1 aromatic heterocycles. The van der Waals surface area contributed by atoms with Crippen LogP contribution in [0.1, 0.15) is 24.2 Å². The summed E-state index contributed by atoms with van der Waals surface area (Å²) in [7, 11) is 0. The smallest absolute Gasteiger partial charge is 0.255 e. The minimum Gasteiger partial charge on any atom is -0.383 e. The molecule has 4 nitrogen and oxygen atoms in total. The van der Waals surface area contributed by atoms with Crippen molar-refractivity contribution in [2.24, 2.45) is 5.92 Å². The molecule has 0 atom stereocenters. The van der Waals surface area contributed by atoms with E-state index in [1.807, 2.05) is 0 Å². The first-order chi connectivity index (χ1) is 6.16. The van der Waals surface area contributed by atoms with Crippen molar-refractivity contribution in [1.29, 1.82) is 0 Å². The summed E-state index contributed by atoms with van der Waals surface area (Å²) in [6, 6.07) is 0. The van der Waals surface area contributed by atoms with Gasteiger partial charge in [-0.2, -0.15) is 0 Å². The van der Waals surface area contributed by atoms with Crippen molar-refractivity contribution in [3.8, 4) is 0 Å². The number of hydrogen-bond acceptors (Lipinski definition) is 3. The molecule has 13 heavy (non-hydrogen) atoms. The Hall–Kier alpha value is -1.32. The van der Waals surface area contributed by atoms with Gasteiger partial charge < -0.3 is 10.7 Å². The van der Waals surface area contributed by atoms with Crippen molar-refractivity contribution >= 4 is 5.82 Å². The summed E-state index contributed by atoms with van der Waals surface area (Å²) < 4.78 is 0. The Balaban J connectivity index is 2.31. The summed E-state index contributed by atoms with van der Waals surface area (Å²) in [5, 5.41) is 0. The van der Waals surface area contributed by atoms with Gasteiger partial charge in [-0.3, -0.25) is 4.79 Å². The lowest BCUT2D eigenvalue weighted by Crippen LogP contribution is -2.17. The Morgan fingerprint density at radius 1 is 1.62 bits per heavy atom. The lowest BCUT2D eigenvalue weighted by Gasteiger charge is -2.02. The average molecular weight is 179 g/mol. The summed E-state index contributed by atoms with van der Waals surface area (Å²) in [4.78, 5) is 18.2. The third-order valence-corrected chi connectivity index (χ3v) is 2.42. The monoisotopic (exact) mass is 179 g/mol. The van der Waals surface area contributed by atoms with E-state index in [4.69, 9.17) is 5.73 Å². The minimum absolute atomic E-state index is 0.108. The number of rotatable bonds is 2. The first-order valence-electron chi connectivity index (χ1n) is 4.52. The van der Waals surface area contributed by atoms with Crippen LogP contribution in [-0.4, -0.2) is 9.97 Å². The summed E-state index contributed by atoms with van der Waals surface area (Å²) in [6.45, 7) is 1.68. The topological polar surface area (TPSA) is 71.8 Å². The highest BCUT2D eigenvalue weighted by Gasteiger charge is 2.22. The molecule has 1 heterocycles. The van der Waals surface area contributed by atoms with Crippen LogP contribution in [0.2, 0.25) is 0 Å². The van der Waals surface area contributed by atoms with Gasteiger partial charge in [-0.1, -0.05) is 0 Å². The van der Waals surface area contributed by atoms with Gasteiger partial charge in [0.1, 0.15) is 11.6 Å². The molecule has 3 N–H and O–H groups in total. The minimum atomic E-state index is -0.108. The lowest BCUT2D eigenvalue weighted by molar-refractivity contribution is 0.763. The predicted molar refractivity (Wildman–Crippen MR) is 50.4 cm³/mol. The number of anilines is 1. The highest BCUT2D eigenvalue weighted by atomic mass is 16.1. The van der Waals surface area contributed by atoms with Gasteiger partial charge in [0.25, 0.3) is 5.56 Å². The molecule has 0 saturated heterocycles. The van der Waals surface area contributed by atoms with E-state index in [0.29, 0.717) is 17.3 Å². The maximum Gasteiger partial charge on any atom is 0.255 e. The fourth-order valence-electron chi connectivity index (χ4n) is 1.29. The van der Waals surface area contributed by atoms with Crippen LogP contribution < -0.4 is 11.3 Å². The highest BCUT2D eigenvalue weighted by molar-refractivity contribution is 5.36. The molecule has 70 valence electrons. The summed E-state index contributed by atoms with van der Waals surface area (Å²) in [5.74, 6) is 1.81. The van der Waals surface area contributed by atoms with Crippen molar-refractivity contribution in [3.05, 3.63) is 21.7 Å². The molecule has 0 unspecified atom stereocenters. The van der Waals surface area contributed by atoms with E-state index in [1.165, 1.54) is 12.8 Å². The number of nitrogen functional groups attached to an aromatic ring is 1. The van der Waals surface area contributed by atoms with Crippen molar-refractivity contribution < 1.29 is 0 Å². The van der Waals surface area contributed by atoms with Gasteiger partial charge in [0, 0.05) is 6.42 Å². The average Bonchev–Trinajstić information content (AvgIpc) is 2.84. The molecule has 1 aromatic rings. The number of nitrogens with zero attached hydrogens (tertiary/aromatic N) is 1. The number of hydrogen-bond donors (Lipinski definition) is 2. The second kappa shape index (κ2) is 2.87. The Morgan fingerprint density at radius 2 is 2.31 bits per heavy atom. The van der Waals surface area contributed by atoms with Crippen LogP contribution in [0.4, 0.5) is 5.82 Å². The Kier molecular flexibility index (Phi) is 1.83. The number of nitrogens with two attached hydrogens (primary N) is 1. The molecule has 0 radical (unpaired) electrons. The molecule has 1 fully saturated rings. The third-order valence-electron chi connectivity index (χ3n) is 2.42. The molecule has 1 aliphatic carbocycles. The second-order valence-corrected chi connectivity index (χ2v) is 3.67. The number of aromatic amines is 1. The summed E-state index contributed by atoms with van der Waals surface area (Å²) >= 11 is 0. The highest BCUT2D eigenvalue weighted by Crippen LogP contribution is 2.31. The molecule has 0 aromatic carbocycles. The molecular formula is C9H13N3O. The van der Waals surface area contributed by atoms with E-state index in [2.05, 4.69) is 9.97 Å². The van der Waals surface area contributed by atoms with Crippen LogP contribution in [0.25, 0.3) is 0 Å². The predicted octanol–water partition coefficient (Wildman–Crippen LogP) is 0.613. The van der Waals surface area contributed by atoms with Gasteiger partial charge in [0.05, 0.1) is 5.56 Å². The Bertz CT molecular complexity index is 379. The van der Waals surface area contributed by atoms with E-state index in [9.17, 15) is 4.79 Å². The van der Waals surface area contributed by atoms with Gasteiger partial charge >= 0.3 is 0 Å². The Morgan fingerprint density at radius 3 is 2.85 bits per heavy atom. The van der Waals surface area contributed by atoms with E-state index in [-0.39, 0.29) is 5.56 Å². The standard InChI is InChI=1S/C9H13N3O/c1-5-8(10)11-7(12-9(5)13)4-6-2-3-6/h6H,2-4H2,1H3,(H3,10,11,12,13). The fourth-order valence-corrected chi connectivity index (χ4v) is 1.29. The van der Waals surface area contributed by atoms with E-state index >= 15 is 0 Å². The maximum atomic E-state index is 11.3. The molecule has 4 heteroatoms. The molecule has 0 spiro atoms. The van der Waals surface area contributed by atoms with Gasteiger partial charge in [-0.05, 0) is 25.7 Å². The van der Waals surface area contributed by atoms with Crippen molar-refractivity contribution in [1.82, 2.24) is 9.97 Å². The van der Waals surface area contributed by atoms with Crippen molar-refractivity contribution in [2.75, 3.05) is 5.73 Å². The first kappa shape index (κ1) is 8.29. The number of H-pyrrole nitrogens is 1. The Labute approximate surface area is 76.2 Å². The van der Waals surface area contributed by atoms with Crippen LogP contribution in [-0.2, 0) is 6.42 Å². The van der Waals surface area contributed by atoms with Gasteiger partial charge in [0.2, 0.25) is 0 Å². The van der Waals surface area contributed by atoms with Crippen LogP contribution in [0, 0.1) is 12.8 Å². The van der Waals surface area contributed by atoms with Gasteiger partial charge in [-0.25, -0.2) is 4.98 Å². The maximum absolute atomic E-state index is 11.3. The fraction of sp³-hybridized carbons (Fsp3) is 0.556.